The second-order valence-electron chi connectivity index (χ2n) is 5.40. The molecule has 1 heterocycles. The fourth-order valence-electron chi connectivity index (χ4n) is 2.28. The predicted molar refractivity (Wildman–Crippen MR) is 91.7 cm³/mol. The van der Waals surface area contributed by atoms with Crippen molar-refractivity contribution in [3.05, 3.63) is 23.9 Å². The summed E-state index contributed by atoms with van der Waals surface area (Å²) in [7, 11) is 2.96. The van der Waals surface area contributed by atoms with Gasteiger partial charge in [-0.2, -0.15) is 0 Å². The minimum atomic E-state index is -0.631. The Morgan fingerprint density at radius 2 is 1.80 bits per heavy atom. The Labute approximate surface area is 145 Å². The number of hydrogen-bond donors (Lipinski definition) is 1. The number of aromatic nitrogens is 1. The number of nitrogens with two attached hydrogens (primary N) is 1. The summed E-state index contributed by atoms with van der Waals surface area (Å²) in [5.74, 6) is -0.163. The van der Waals surface area contributed by atoms with Crippen molar-refractivity contribution in [1.82, 2.24) is 4.98 Å². The summed E-state index contributed by atoms with van der Waals surface area (Å²) < 4.78 is 26.4. The number of methoxy groups -OCH3 is 2. The van der Waals surface area contributed by atoms with Crippen molar-refractivity contribution < 1.29 is 28.5 Å². The zero-order valence-corrected chi connectivity index (χ0v) is 14.7. The highest BCUT2D eigenvalue weighted by molar-refractivity contribution is 6.09. The first-order valence-corrected chi connectivity index (χ1v) is 7.65. The molecule has 0 aliphatic heterocycles. The molecule has 8 heteroatoms. The van der Waals surface area contributed by atoms with Crippen LogP contribution >= 0.6 is 0 Å². The number of ether oxygens (including phenoxy) is 5. The van der Waals surface area contributed by atoms with E-state index in [0.717, 1.165) is 0 Å². The van der Waals surface area contributed by atoms with Gasteiger partial charge in [0.15, 0.2) is 25.1 Å². The molecular weight excluding hydrogens is 328 g/mol. The lowest BCUT2D eigenvalue weighted by Crippen LogP contribution is -2.17. The third kappa shape index (κ3) is 4.09. The van der Waals surface area contributed by atoms with Crippen LogP contribution in [0.1, 0.15) is 24.2 Å². The molecule has 0 aliphatic rings. The van der Waals surface area contributed by atoms with Crippen molar-refractivity contribution >= 4 is 22.6 Å². The molecule has 8 nitrogen and oxygen atoms in total. The van der Waals surface area contributed by atoms with Crippen LogP contribution in [-0.2, 0) is 14.2 Å². The summed E-state index contributed by atoms with van der Waals surface area (Å²) >= 11 is 0. The zero-order chi connectivity index (χ0) is 18.4. The van der Waals surface area contributed by atoms with Crippen molar-refractivity contribution in [1.29, 1.82) is 0 Å². The molecule has 2 N–H and O–H groups in total. The van der Waals surface area contributed by atoms with Gasteiger partial charge in [-0.05, 0) is 26.0 Å². The topological polar surface area (TPSA) is 102 Å². The molecule has 1 aromatic heterocycles. The maximum atomic E-state index is 12.6. The SMILES string of the molecule is COCOc1c(N)c(C(=O)OC(C)C)c(OCOC)c2ncccc12. The molecule has 1 aromatic carbocycles. The summed E-state index contributed by atoms with van der Waals surface area (Å²) in [6, 6.07) is 3.49. The standard InChI is InChI=1S/C17H22N2O6/c1-10(2)25-17(20)12-13(18)15(23-8-21-3)11-6-5-7-19-14(11)16(12)24-9-22-4/h5-7,10H,8-9,18H2,1-4H3. The number of fused-ring (bicyclic) bond motifs is 1. The number of carbonyl (C=O) groups excluding carboxylic acids is 1. The minimum absolute atomic E-state index is 0.0366. The Hall–Kier alpha value is -2.58. The lowest BCUT2D eigenvalue weighted by Gasteiger charge is -2.19. The molecule has 136 valence electrons. The Kier molecular flexibility index (Phi) is 6.37. The third-order valence-electron chi connectivity index (χ3n) is 3.20. The van der Waals surface area contributed by atoms with Crippen LogP contribution in [0.3, 0.4) is 0 Å². The number of benzene rings is 1. The fraction of sp³-hybridized carbons (Fsp3) is 0.412. The van der Waals surface area contributed by atoms with Gasteiger partial charge in [-0.3, -0.25) is 4.98 Å². The average Bonchev–Trinajstić information content (AvgIpc) is 2.58. The van der Waals surface area contributed by atoms with Gasteiger partial charge in [0.2, 0.25) is 0 Å². The average molecular weight is 350 g/mol. The molecule has 0 saturated heterocycles. The van der Waals surface area contributed by atoms with E-state index in [2.05, 4.69) is 4.98 Å². The van der Waals surface area contributed by atoms with E-state index in [1.54, 1.807) is 32.2 Å². The smallest absolute Gasteiger partial charge is 0.344 e. The van der Waals surface area contributed by atoms with Gasteiger partial charge in [0.25, 0.3) is 0 Å². The van der Waals surface area contributed by atoms with Crippen LogP contribution < -0.4 is 15.2 Å². The van der Waals surface area contributed by atoms with Crippen molar-refractivity contribution in [2.75, 3.05) is 33.5 Å². The number of carbonyl (C=O) groups is 1. The van der Waals surface area contributed by atoms with E-state index < -0.39 is 5.97 Å². The van der Waals surface area contributed by atoms with Crippen LogP contribution in [-0.4, -0.2) is 44.9 Å². The Morgan fingerprint density at radius 3 is 2.40 bits per heavy atom. The second kappa shape index (κ2) is 8.50. The van der Waals surface area contributed by atoms with Crippen LogP contribution in [0, 0.1) is 0 Å². The third-order valence-corrected chi connectivity index (χ3v) is 3.20. The van der Waals surface area contributed by atoms with E-state index in [1.807, 2.05) is 0 Å². The summed E-state index contributed by atoms with van der Waals surface area (Å²) in [6.45, 7) is 3.37. The molecule has 2 rings (SSSR count). The highest BCUT2D eigenvalue weighted by atomic mass is 16.7. The van der Waals surface area contributed by atoms with E-state index in [0.29, 0.717) is 10.9 Å². The van der Waals surface area contributed by atoms with Gasteiger partial charge >= 0.3 is 5.97 Å². The molecule has 0 bridgehead atoms. The first kappa shape index (κ1) is 18.8. The Bertz CT molecular complexity index is 747. The van der Waals surface area contributed by atoms with E-state index in [-0.39, 0.29) is 42.4 Å². The van der Waals surface area contributed by atoms with Gasteiger partial charge in [0.1, 0.15) is 11.1 Å². The summed E-state index contributed by atoms with van der Waals surface area (Å²) in [6.07, 6.45) is 1.25. The van der Waals surface area contributed by atoms with Crippen molar-refractivity contribution in [2.45, 2.75) is 20.0 Å². The number of esters is 1. The van der Waals surface area contributed by atoms with Crippen LogP contribution in [0.5, 0.6) is 11.5 Å². The molecule has 0 radical (unpaired) electrons. The maximum absolute atomic E-state index is 12.6. The highest BCUT2D eigenvalue weighted by Gasteiger charge is 2.27. The van der Waals surface area contributed by atoms with E-state index in [9.17, 15) is 4.79 Å². The molecule has 0 aliphatic carbocycles. The Balaban J connectivity index is 2.72. The number of pyridine rings is 1. The molecule has 0 amide bonds. The van der Waals surface area contributed by atoms with Crippen LogP contribution in [0.25, 0.3) is 10.9 Å². The summed E-state index contributed by atoms with van der Waals surface area (Å²) in [5.41, 5.74) is 6.76. The molecule has 0 spiro atoms. The van der Waals surface area contributed by atoms with Crippen molar-refractivity contribution in [2.24, 2.45) is 0 Å². The van der Waals surface area contributed by atoms with Crippen molar-refractivity contribution in [3.8, 4) is 11.5 Å². The van der Waals surface area contributed by atoms with Gasteiger partial charge in [0.05, 0.1) is 11.8 Å². The Morgan fingerprint density at radius 1 is 1.16 bits per heavy atom. The second-order valence-corrected chi connectivity index (χ2v) is 5.40. The monoisotopic (exact) mass is 350 g/mol. The summed E-state index contributed by atoms with van der Waals surface area (Å²) in [4.78, 5) is 16.9. The lowest BCUT2D eigenvalue weighted by molar-refractivity contribution is 0.0338. The fourth-order valence-corrected chi connectivity index (χ4v) is 2.28. The first-order chi connectivity index (χ1) is 12.0. The molecule has 0 atom stereocenters. The molecule has 25 heavy (non-hydrogen) atoms. The molecule has 0 unspecified atom stereocenters. The van der Waals surface area contributed by atoms with Crippen molar-refractivity contribution in [3.63, 3.8) is 0 Å². The predicted octanol–water partition coefficient (Wildman–Crippen LogP) is 2.35. The van der Waals surface area contributed by atoms with E-state index in [4.69, 9.17) is 29.4 Å². The molecule has 0 fully saturated rings. The summed E-state index contributed by atoms with van der Waals surface area (Å²) in [5, 5.41) is 0.587. The quantitative estimate of drug-likeness (QED) is 0.440. The molecule has 2 aromatic rings. The lowest BCUT2D eigenvalue weighted by atomic mass is 10.1. The number of anilines is 1. The van der Waals surface area contributed by atoms with Gasteiger partial charge < -0.3 is 29.4 Å². The number of nitrogen functional groups attached to an aromatic ring is 1. The molecule has 0 saturated carbocycles. The molecular formula is C17H22N2O6. The van der Waals surface area contributed by atoms with Gasteiger partial charge in [-0.1, -0.05) is 0 Å². The first-order valence-electron chi connectivity index (χ1n) is 7.65. The van der Waals surface area contributed by atoms with Gasteiger partial charge in [0, 0.05) is 25.8 Å². The van der Waals surface area contributed by atoms with E-state index in [1.165, 1.54) is 14.2 Å². The highest BCUT2D eigenvalue weighted by Crippen LogP contribution is 2.42. The van der Waals surface area contributed by atoms with Crippen LogP contribution in [0.15, 0.2) is 18.3 Å². The number of hydrogen-bond acceptors (Lipinski definition) is 8. The zero-order valence-electron chi connectivity index (χ0n) is 14.7. The number of nitrogens with zero attached hydrogens (tertiary/aromatic N) is 1. The largest absolute Gasteiger partial charge is 0.465 e. The van der Waals surface area contributed by atoms with Crippen LogP contribution in [0.2, 0.25) is 0 Å². The van der Waals surface area contributed by atoms with Gasteiger partial charge in [-0.25, -0.2) is 4.79 Å². The normalized spacial score (nSPS) is 10.9. The number of rotatable bonds is 8. The van der Waals surface area contributed by atoms with E-state index >= 15 is 0 Å². The van der Waals surface area contributed by atoms with Gasteiger partial charge in [-0.15, -0.1) is 0 Å². The minimum Gasteiger partial charge on any atom is -0.465 e. The van der Waals surface area contributed by atoms with Crippen LogP contribution in [0.4, 0.5) is 5.69 Å². The maximum Gasteiger partial charge on any atom is 0.344 e.